The number of nitrogens with zero attached hydrogens (tertiary/aromatic N) is 4. The molecule has 3 heterocycles. The summed E-state index contributed by atoms with van der Waals surface area (Å²) in [6, 6.07) is 13.7. The lowest BCUT2D eigenvalue weighted by Gasteiger charge is -2.14. The van der Waals surface area contributed by atoms with E-state index in [4.69, 9.17) is 0 Å². The molecule has 0 saturated heterocycles. The molecule has 0 unspecified atom stereocenters. The van der Waals surface area contributed by atoms with Crippen molar-refractivity contribution >= 4 is 11.2 Å². The standard InChI is InChI=1S/C22H17N5O2/c1-13(2)27-12-16(6-7-18(27)29)20-19(15-5-3-4-14(10-15)11-23)26-22-21(25-20)17(28)8-9-24-22/h3-10,12-13H,1-2H3,(H,24,26,28). The van der Waals surface area contributed by atoms with Crippen molar-refractivity contribution in [3.8, 4) is 28.6 Å². The Kier molecular flexibility index (Phi) is 4.53. The first-order chi connectivity index (χ1) is 14.0. The lowest BCUT2D eigenvalue weighted by Crippen LogP contribution is -2.20. The molecule has 1 N–H and O–H groups in total. The molecule has 0 aliphatic rings. The maximum Gasteiger partial charge on any atom is 0.250 e. The minimum Gasteiger partial charge on any atom is -0.345 e. The first-order valence-electron chi connectivity index (χ1n) is 9.10. The summed E-state index contributed by atoms with van der Waals surface area (Å²) in [5, 5.41) is 9.26. The summed E-state index contributed by atoms with van der Waals surface area (Å²) in [4.78, 5) is 36.7. The van der Waals surface area contributed by atoms with E-state index in [-0.39, 0.29) is 22.5 Å². The van der Waals surface area contributed by atoms with Gasteiger partial charge in [-0.1, -0.05) is 12.1 Å². The van der Waals surface area contributed by atoms with Crippen molar-refractivity contribution in [2.75, 3.05) is 0 Å². The van der Waals surface area contributed by atoms with Gasteiger partial charge in [0, 0.05) is 41.7 Å². The van der Waals surface area contributed by atoms with Gasteiger partial charge in [-0.25, -0.2) is 9.97 Å². The average molecular weight is 383 g/mol. The number of aromatic nitrogens is 4. The number of nitrogens with one attached hydrogen (secondary N) is 1. The topological polar surface area (TPSA) is 104 Å². The molecule has 0 spiro atoms. The Morgan fingerprint density at radius 2 is 1.83 bits per heavy atom. The summed E-state index contributed by atoms with van der Waals surface area (Å²) in [5.41, 5.74) is 3.04. The maximum absolute atomic E-state index is 12.3. The molecule has 29 heavy (non-hydrogen) atoms. The van der Waals surface area contributed by atoms with Crippen LogP contribution in [0.25, 0.3) is 33.7 Å². The fourth-order valence-corrected chi connectivity index (χ4v) is 3.17. The van der Waals surface area contributed by atoms with Gasteiger partial charge in [-0.3, -0.25) is 9.59 Å². The van der Waals surface area contributed by atoms with Crippen molar-refractivity contribution in [1.29, 1.82) is 5.26 Å². The van der Waals surface area contributed by atoms with Gasteiger partial charge in [0.05, 0.1) is 23.0 Å². The molecular weight excluding hydrogens is 366 g/mol. The number of hydrogen-bond donors (Lipinski definition) is 1. The minimum atomic E-state index is -0.248. The number of benzene rings is 1. The molecule has 0 amide bonds. The Hall–Kier alpha value is -4.05. The zero-order chi connectivity index (χ0) is 20.5. The van der Waals surface area contributed by atoms with Crippen LogP contribution in [0.15, 0.2) is 64.4 Å². The van der Waals surface area contributed by atoms with Crippen molar-refractivity contribution in [3.63, 3.8) is 0 Å². The predicted octanol–water partition coefficient (Wildman–Crippen LogP) is 3.27. The zero-order valence-electron chi connectivity index (χ0n) is 15.9. The van der Waals surface area contributed by atoms with Crippen LogP contribution in [-0.4, -0.2) is 19.5 Å². The van der Waals surface area contributed by atoms with E-state index in [1.54, 1.807) is 35.0 Å². The second kappa shape index (κ2) is 7.17. The molecule has 0 aliphatic heterocycles. The molecule has 3 aromatic heterocycles. The molecule has 7 heteroatoms. The fourth-order valence-electron chi connectivity index (χ4n) is 3.17. The van der Waals surface area contributed by atoms with Crippen molar-refractivity contribution < 1.29 is 0 Å². The highest BCUT2D eigenvalue weighted by molar-refractivity contribution is 5.84. The first-order valence-corrected chi connectivity index (χ1v) is 9.10. The maximum atomic E-state index is 12.3. The highest BCUT2D eigenvalue weighted by Gasteiger charge is 2.16. The van der Waals surface area contributed by atoms with Crippen LogP contribution in [0.4, 0.5) is 0 Å². The molecule has 0 saturated carbocycles. The van der Waals surface area contributed by atoms with Crippen molar-refractivity contribution in [3.05, 3.63) is 81.0 Å². The third kappa shape index (κ3) is 3.32. The number of hydrogen-bond acceptors (Lipinski definition) is 5. The van der Waals surface area contributed by atoms with Crippen LogP contribution in [0.3, 0.4) is 0 Å². The predicted molar refractivity (Wildman–Crippen MR) is 110 cm³/mol. The number of pyridine rings is 2. The van der Waals surface area contributed by atoms with E-state index in [1.165, 1.54) is 18.3 Å². The van der Waals surface area contributed by atoms with Crippen LogP contribution in [0, 0.1) is 11.3 Å². The molecule has 0 fully saturated rings. The number of fused-ring (bicyclic) bond motifs is 1. The number of H-pyrrole nitrogens is 1. The molecule has 4 aromatic rings. The van der Waals surface area contributed by atoms with E-state index in [1.807, 2.05) is 19.9 Å². The molecule has 0 aliphatic carbocycles. The van der Waals surface area contributed by atoms with E-state index in [0.717, 1.165) is 0 Å². The normalized spacial score (nSPS) is 11.0. The second-order valence-electron chi connectivity index (χ2n) is 6.91. The van der Waals surface area contributed by atoms with Gasteiger partial charge in [-0.2, -0.15) is 5.26 Å². The lowest BCUT2D eigenvalue weighted by atomic mass is 10.0. The molecule has 0 bridgehead atoms. The largest absolute Gasteiger partial charge is 0.345 e. The zero-order valence-corrected chi connectivity index (χ0v) is 15.9. The van der Waals surface area contributed by atoms with Crippen LogP contribution in [0.2, 0.25) is 0 Å². The van der Waals surface area contributed by atoms with E-state index in [0.29, 0.717) is 33.7 Å². The molecule has 0 radical (unpaired) electrons. The van der Waals surface area contributed by atoms with Crippen molar-refractivity contribution in [1.82, 2.24) is 19.5 Å². The number of aromatic amines is 1. The molecular formula is C22H17N5O2. The van der Waals surface area contributed by atoms with Gasteiger partial charge in [-0.05, 0) is 32.0 Å². The Labute approximate surface area is 165 Å². The summed E-state index contributed by atoms with van der Waals surface area (Å²) in [7, 11) is 0. The molecule has 1 aromatic carbocycles. The molecule has 0 atom stereocenters. The smallest absolute Gasteiger partial charge is 0.250 e. The second-order valence-corrected chi connectivity index (χ2v) is 6.91. The molecule has 142 valence electrons. The highest BCUT2D eigenvalue weighted by Crippen LogP contribution is 2.30. The average Bonchev–Trinajstić information content (AvgIpc) is 2.73. The quantitative estimate of drug-likeness (QED) is 0.585. The van der Waals surface area contributed by atoms with Crippen molar-refractivity contribution in [2.24, 2.45) is 0 Å². The lowest BCUT2D eigenvalue weighted by molar-refractivity contribution is 0.579. The van der Waals surface area contributed by atoms with Gasteiger partial charge >= 0.3 is 0 Å². The summed E-state index contributed by atoms with van der Waals surface area (Å²) >= 11 is 0. The monoisotopic (exact) mass is 383 g/mol. The minimum absolute atomic E-state index is 0.0374. The summed E-state index contributed by atoms with van der Waals surface area (Å²) < 4.78 is 1.60. The van der Waals surface area contributed by atoms with Gasteiger partial charge in [-0.15, -0.1) is 0 Å². The van der Waals surface area contributed by atoms with Gasteiger partial charge in [0.15, 0.2) is 11.2 Å². The fraction of sp³-hybridized carbons (Fsp3) is 0.136. The Morgan fingerprint density at radius 1 is 1.03 bits per heavy atom. The van der Waals surface area contributed by atoms with Crippen LogP contribution in [-0.2, 0) is 0 Å². The third-order valence-electron chi connectivity index (χ3n) is 4.62. The van der Waals surface area contributed by atoms with E-state index < -0.39 is 0 Å². The Bertz CT molecular complexity index is 1390. The molecule has 7 nitrogen and oxygen atoms in total. The Balaban J connectivity index is 2.07. The molecule has 4 rings (SSSR count). The summed E-state index contributed by atoms with van der Waals surface area (Å²) in [6.07, 6.45) is 3.24. The van der Waals surface area contributed by atoms with E-state index in [2.05, 4.69) is 21.0 Å². The number of nitriles is 1. The number of rotatable bonds is 3. The van der Waals surface area contributed by atoms with Gasteiger partial charge < -0.3 is 9.55 Å². The van der Waals surface area contributed by atoms with Crippen LogP contribution in [0.5, 0.6) is 0 Å². The first kappa shape index (κ1) is 18.3. The van der Waals surface area contributed by atoms with Gasteiger partial charge in [0.1, 0.15) is 0 Å². The van der Waals surface area contributed by atoms with Gasteiger partial charge in [0.2, 0.25) is 5.43 Å². The van der Waals surface area contributed by atoms with Crippen LogP contribution in [0.1, 0.15) is 25.5 Å². The van der Waals surface area contributed by atoms with Crippen LogP contribution < -0.4 is 11.0 Å². The van der Waals surface area contributed by atoms with Gasteiger partial charge in [0.25, 0.3) is 5.56 Å². The van der Waals surface area contributed by atoms with E-state index >= 15 is 0 Å². The third-order valence-corrected chi connectivity index (χ3v) is 4.62. The highest BCUT2D eigenvalue weighted by atomic mass is 16.1. The summed E-state index contributed by atoms with van der Waals surface area (Å²) in [5.74, 6) is 0. The van der Waals surface area contributed by atoms with E-state index in [9.17, 15) is 14.9 Å². The Morgan fingerprint density at radius 3 is 2.59 bits per heavy atom. The summed E-state index contributed by atoms with van der Waals surface area (Å²) in [6.45, 7) is 3.83. The SMILES string of the molecule is CC(C)n1cc(-c2nc3c(=O)cc[nH]c3nc2-c2cccc(C#N)c2)ccc1=O. The van der Waals surface area contributed by atoms with Crippen LogP contribution >= 0.6 is 0 Å². The van der Waals surface area contributed by atoms with Crippen molar-refractivity contribution in [2.45, 2.75) is 19.9 Å².